The number of halogens is 1. The van der Waals surface area contributed by atoms with E-state index >= 15 is 0 Å². The van der Waals surface area contributed by atoms with Gasteiger partial charge in [-0.1, -0.05) is 24.3 Å². The molecule has 3 rings (SSSR count). The van der Waals surface area contributed by atoms with Crippen LogP contribution in [-0.2, 0) is 17.6 Å². The lowest BCUT2D eigenvalue weighted by molar-refractivity contribution is -0.119. The van der Waals surface area contributed by atoms with Gasteiger partial charge in [0.25, 0.3) is 0 Å². The quantitative estimate of drug-likeness (QED) is 0.793. The van der Waals surface area contributed by atoms with Gasteiger partial charge in [-0.05, 0) is 48.1 Å². The first-order valence-corrected chi connectivity index (χ1v) is 7.58. The van der Waals surface area contributed by atoms with Crippen LogP contribution in [0, 0.1) is 12.8 Å². The number of Topliss-reactive ketones (excluding diaryl/α,β-unsaturated/α-hetero) is 1. The van der Waals surface area contributed by atoms with Gasteiger partial charge in [0, 0.05) is 25.0 Å². The van der Waals surface area contributed by atoms with Gasteiger partial charge >= 0.3 is 0 Å². The number of benzene rings is 1. The smallest absolute Gasteiger partial charge is 0.222 e. The minimum absolute atomic E-state index is 0.274. The molecule has 0 aliphatic heterocycles. The molecule has 1 aromatic heterocycles. The number of nitrogens with zero attached hydrogens (tertiary/aromatic N) is 2. The van der Waals surface area contributed by atoms with Crippen molar-refractivity contribution in [1.29, 1.82) is 0 Å². The van der Waals surface area contributed by atoms with Gasteiger partial charge in [0.15, 0.2) is 0 Å². The van der Waals surface area contributed by atoms with Crippen molar-refractivity contribution in [3.05, 3.63) is 58.1 Å². The second-order valence-corrected chi connectivity index (χ2v) is 6.02. The number of hydrogen-bond donors (Lipinski definition) is 0. The molecule has 0 N–H and O–H groups in total. The van der Waals surface area contributed by atoms with E-state index < -0.39 is 0 Å². The van der Waals surface area contributed by atoms with Crippen molar-refractivity contribution in [3.8, 4) is 0 Å². The number of rotatable bonds is 5. The van der Waals surface area contributed by atoms with Crippen molar-refractivity contribution in [1.82, 2.24) is 9.97 Å². The van der Waals surface area contributed by atoms with E-state index in [-0.39, 0.29) is 5.28 Å². The van der Waals surface area contributed by atoms with Crippen molar-refractivity contribution in [2.24, 2.45) is 5.92 Å². The fourth-order valence-corrected chi connectivity index (χ4v) is 2.58. The standard InChI is InChI=1S/C17H17ClN2O/c1-11-10-19-17(18)20-15(11)8-12-3-2-4-13(7-12)9-16(21)14-5-6-14/h2-4,7,10,14H,5-6,8-9H2,1H3. The van der Waals surface area contributed by atoms with E-state index in [0.29, 0.717) is 24.5 Å². The molecular formula is C17H17ClN2O. The molecule has 21 heavy (non-hydrogen) atoms. The SMILES string of the molecule is Cc1cnc(Cl)nc1Cc1cccc(CC(=O)C2CC2)c1. The van der Waals surface area contributed by atoms with Crippen molar-refractivity contribution >= 4 is 17.4 Å². The number of hydrogen-bond acceptors (Lipinski definition) is 3. The Morgan fingerprint density at radius 1 is 1.33 bits per heavy atom. The topological polar surface area (TPSA) is 42.9 Å². The van der Waals surface area contributed by atoms with E-state index in [1.165, 1.54) is 0 Å². The number of carbonyl (C=O) groups is 1. The zero-order chi connectivity index (χ0) is 14.8. The van der Waals surface area contributed by atoms with Crippen LogP contribution in [0.25, 0.3) is 0 Å². The fraction of sp³-hybridized carbons (Fsp3) is 0.353. The summed E-state index contributed by atoms with van der Waals surface area (Å²) in [6, 6.07) is 8.17. The van der Waals surface area contributed by atoms with E-state index in [0.717, 1.165) is 35.2 Å². The molecule has 0 radical (unpaired) electrons. The van der Waals surface area contributed by atoms with Crippen LogP contribution in [0.5, 0.6) is 0 Å². The lowest BCUT2D eigenvalue weighted by atomic mass is 10.0. The molecule has 1 saturated carbocycles. The van der Waals surface area contributed by atoms with Crippen molar-refractivity contribution in [3.63, 3.8) is 0 Å². The highest BCUT2D eigenvalue weighted by Gasteiger charge is 2.29. The number of ketones is 1. The van der Waals surface area contributed by atoms with Crippen LogP contribution in [0.4, 0.5) is 0 Å². The van der Waals surface area contributed by atoms with E-state index in [1.807, 2.05) is 19.1 Å². The summed E-state index contributed by atoms with van der Waals surface area (Å²) in [6.45, 7) is 1.98. The minimum atomic E-state index is 0.274. The lowest BCUT2D eigenvalue weighted by Crippen LogP contribution is -2.05. The second kappa shape index (κ2) is 5.94. The summed E-state index contributed by atoms with van der Waals surface area (Å²) in [7, 11) is 0. The third kappa shape index (κ3) is 3.67. The zero-order valence-electron chi connectivity index (χ0n) is 12.0. The van der Waals surface area contributed by atoms with Crippen LogP contribution < -0.4 is 0 Å². The molecule has 0 amide bonds. The molecular weight excluding hydrogens is 284 g/mol. The third-order valence-electron chi connectivity index (χ3n) is 3.82. The molecule has 1 heterocycles. The van der Waals surface area contributed by atoms with Crippen molar-refractivity contribution in [2.75, 3.05) is 0 Å². The Morgan fingerprint density at radius 2 is 2.10 bits per heavy atom. The van der Waals surface area contributed by atoms with E-state index in [1.54, 1.807) is 6.20 Å². The van der Waals surface area contributed by atoms with Gasteiger partial charge in [0.05, 0.1) is 5.69 Å². The van der Waals surface area contributed by atoms with Gasteiger partial charge in [-0.2, -0.15) is 0 Å². The Labute approximate surface area is 129 Å². The molecule has 0 bridgehead atoms. The number of aromatic nitrogens is 2. The van der Waals surface area contributed by atoms with Gasteiger partial charge < -0.3 is 0 Å². The summed E-state index contributed by atoms with van der Waals surface area (Å²) >= 11 is 5.86. The first kappa shape index (κ1) is 14.2. The lowest BCUT2D eigenvalue weighted by Gasteiger charge is -2.07. The molecule has 2 aromatic rings. The molecule has 1 aliphatic rings. The fourth-order valence-electron chi connectivity index (χ4n) is 2.43. The maximum atomic E-state index is 11.9. The number of aryl methyl sites for hydroxylation is 1. The van der Waals surface area contributed by atoms with Crippen LogP contribution >= 0.6 is 11.6 Å². The van der Waals surface area contributed by atoms with Crippen LogP contribution in [0.3, 0.4) is 0 Å². The Morgan fingerprint density at radius 3 is 2.86 bits per heavy atom. The average molecular weight is 301 g/mol. The molecule has 4 heteroatoms. The normalized spacial score (nSPS) is 14.2. The van der Waals surface area contributed by atoms with Crippen LogP contribution in [0.1, 0.15) is 35.2 Å². The van der Waals surface area contributed by atoms with Gasteiger partial charge in [-0.25, -0.2) is 9.97 Å². The maximum absolute atomic E-state index is 11.9. The second-order valence-electron chi connectivity index (χ2n) is 5.68. The number of carbonyl (C=O) groups excluding carboxylic acids is 1. The van der Waals surface area contributed by atoms with Gasteiger partial charge in [0.2, 0.25) is 5.28 Å². The van der Waals surface area contributed by atoms with Crippen molar-refractivity contribution in [2.45, 2.75) is 32.6 Å². The molecule has 108 valence electrons. The van der Waals surface area contributed by atoms with Gasteiger partial charge in [-0.3, -0.25) is 4.79 Å². The zero-order valence-corrected chi connectivity index (χ0v) is 12.7. The van der Waals surface area contributed by atoms with E-state index in [9.17, 15) is 4.79 Å². The monoisotopic (exact) mass is 300 g/mol. The predicted octanol–water partition coefficient (Wildman–Crippen LogP) is 3.55. The minimum Gasteiger partial charge on any atom is -0.299 e. The van der Waals surface area contributed by atoms with Crippen LogP contribution in [0.2, 0.25) is 5.28 Å². The highest BCUT2D eigenvalue weighted by molar-refractivity contribution is 6.28. The van der Waals surface area contributed by atoms with Crippen LogP contribution in [-0.4, -0.2) is 15.8 Å². The Balaban J connectivity index is 1.76. The summed E-state index contributed by atoms with van der Waals surface area (Å²) in [5.74, 6) is 0.685. The summed E-state index contributed by atoms with van der Waals surface area (Å²) in [5, 5.41) is 0.274. The first-order chi connectivity index (χ1) is 10.1. The summed E-state index contributed by atoms with van der Waals surface area (Å²) < 4.78 is 0. The molecule has 0 atom stereocenters. The van der Waals surface area contributed by atoms with Gasteiger partial charge in [0.1, 0.15) is 5.78 Å². The van der Waals surface area contributed by atoms with Crippen molar-refractivity contribution < 1.29 is 4.79 Å². The Bertz CT molecular complexity index is 680. The molecule has 1 aromatic carbocycles. The molecule has 0 spiro atoms. The highest BCUT2D eigenvalue weighted by Crippen LogP contribution is 2.31. The predicted molar refractivity (Wildman–Crippen MR) is 82.5 cm³/mol. The molecule has 1 fully saturated rings. The first-order valence-electron chi connectivity index (χ1n) is 7.20. The molecule has 0 unspecified atom stereocenters. The summed E-state index contributed by atoms with van der Waals surface area (Å²) in [4.78, 5) is 20.2. The highest BCUT2D eigenvalue weighted by atomic mass is 35.5. The largest absolute Gasteiger partial charge is 0.299 e. The molecule has 3 nitrogen and oxygen atoms in total. The van der Waals surface area contributed by atoms with E-state index in [4.69, 9.17) is 11.6 Å². The Kier molecular flexibility index (Phi) is 4.02. The molecule has 0 saturated heterocycles. The van der Waals surface area contributed by atoms with Crippen LogP contribution in [0.15, 0.2) is 30.5 Å². The summed E-state index contributed by atoms with van der Waals surface area (Å²) in [6.07, 6.45) is 5.13. The molecule has 1 aliphatic carbocycles. The van der Waals surface area contributed by atoms with E-state index in [2.05, 4.69) is 22.1 Å². The Hall–Kier alpha value is -1.74. The van der Waals surface area contributed by atoms with Gasteiger partial charge in [-0.15, -0.1) is 0 Å². The summed E-state index contributed by atoms with van der Waals surface area (Å²) in [5.41, 5.74) is 4.19. The average Bonchev–Trinajstić information content (AvgIpc) is 3.28. The third-order valence-corrected chi connectivity index (χ3v) is 4.00. The maximum Gasteiger partial charge on any atom is 0.222 e.